The van der Waals surface area contributed by atoms with Gasteiger partial charge in [0.25, 0.3) is 15.7 Å². The third kappa shape index (κ3) is 4.55. The largest absolute Gasteiger partial charge is 0.278 e. The molecule has 0 unspecified atom stereocenters. The Kier molecular flexibility index (Phi) is 5.43. The molecule has 0 aliphatic carbocycles. The average molecular weight is 392 g/mol. The van der Waals surface area contributed by atoms with Gasteiger partial charge in [-0.05, 0) is 37.3 Å². The molecule has 7 heteroatoms. The maximum Gasteiger partial charge on any atom is 0.270 e. The Labute approximate surface area is 163 Å². The van der Waals surface area contributed by atoms with E-state index in [0.29, 0.717) is 5.56 Å². The van der Waals surface area contributed by atoms with Gasteiger partial charge in [0.1, 0.15) is 0 Å². The van der Waals surface area contributed by atoms with Crippen LogP contribution in [0.1, 0.15) is 16.7 Å². The minimum Gasteiger partial charge on any atom is -0.278 e. The van der Waals surface area contributed by atoms with Crippen LogP contribution in [0.5, 0.6) is 0 Å². The smallest absolute Gasteiger partial charge is 0.270 e. The number of nitrogens with one attached hydrogen (secondary N) is 1. The Bertz CT molecular complexity index is 1180. The number of hydrogen-bond donors (Lipinski definition) is 1. The number of nitrogens with zero attached hydrogens (tertiary/aromatic N) is 1. The van der Waals surface area contributed by atoms with Crippen LogP contribution in [0.2, 0.25) is 0 Å². The van der Waals surface area contributed by atoms with Crippen molar-refractivity contribution in [2.45, 2.75) is 11.8 Å². The van der Waals surface area contributed by atoms with E-state index in [4.69, 9.17) is 0 Å². The minimum absolute atomic E-state index is 0.0958. The molecule has 1 N–H and O–H groups in total. The molecule has 0 spiro atoms. The molecule has 0 bridgehead atoms. The molecule has 0 aliphatic rings. The third-order valence-corrected chi connectivity index (χ3v) is 5.29. The summed E-state index contributed by atoms with van der Waals surface area (Å²) in [5, 5.41) is 11.1. The van der Waals surface area contributed by atoms with Crippen molar-refractivity contribution in [2.24, 2.45) is 0 Å². The zero-order valence-corrected chi connectivity index (χ0v) is 15.7. The molecule has 0 saturated heterocycles. The normalized spacial score (nSPS) is 10.6. The van der Waals surface area contributed by atoms with Crippen LogP contribution in [0.25, 0.3) is 0 Å². The summed E-state index contributed by atoms with van der Waals surface area (Å²) in [7, 11) is -3.86. The Balaban J connectivity index is 2.01. The topological polar surface area (TPSA) is 89.3 Å². The van der Waals surface area contributed by atoms with Crippen LogP contribution in [0, 0.1) is 28.9 Å². The molecule has 0 amide bonds. The van der Waals surface area contributed by atoms with E-state index in [0.717, 1.165) is 5.56 Å². The number of nitro groups is 1. The fourth-order valence-corrected chi connectivity index (χ4v) is 3.50. The lowest BCUT2D eigenvalue weighted by Crippen LogP contribution is -2.14. The summed E-state index contributed by atoms with van der Waals surface area (Å²) in [6, 6.07) is 19.3. The molecule has 0 aromatic heterocycles. The predicted molar refractivity (Wildman–Crippen MR) is 108 cm³/mol. The summed E-state index contributed by atoms with van der Waals surface area (Å²) in [5.41, 5.74) is 1.86. The lowest BCUT2D eigenvalue weighted by Gasteiger charge is -2.10. The number of non-ortho nitro benzene ring substituents is 1. The first-order valence-electron chi connectivity index (χ1n) is 8.30. The fourth-order valence-electron chi connectivity index (χ4n) is 2.42. The standard InChI is InChI=1S/C21H16N2O4S/c1-16-7-12-20(13-8-16)28(26,27)22-21-14-11-19(23(24)25)15-18(21)10-9-17-5-3-2-4-6-17/h2-8,11-15,22H,1H3. The van der Waals surface area contributed by atoms with Crippen molar-refractivity contribution in [3.63, 3.8) is 0 Å². The third-order valence-electron chi connectivity index (χ3n) is 3.90. The molecule has 6 nitrogen and oxygen atoms in total. The summed E-state index contributed by atoms with van der Waals surface area (Å²) >= 11 is 0. The summed E-state index contributed by atoms with van der Waals surface area (Å²) in [6.45, 7) is 1.86. The number of hydrogen-bond acceptors (Lipinski definition) is 4. The van der Waals surface area contributed by atoms with E-state index in [1.165, 1.54) is 30.3 Å². The Morgan fingerprint density at radius 3 is 2.25 bits per heavy atom. The van der Waals surface area contributed by atoms with Crippen LogP contribution in [-0.4, -0.2) is 13.3 Å². The Morgan fingerprint density at radius 1 is 0.929 bits per heavy atom. The zero-order valence-electron chi connectivity index (χ0n) is 14.9. The minimum atomic E-state index is -3.86. The SMILES string of the molecule is Cc1ccc(S(=O)(=O)Nc2ccc([N+](=O)[O-])cc2C#Cc2ccccc2)cc1. The van der Waals surface area contributed by atoms with E-state index < -0.39 is 14.9 Å². The van der Waals surface area contributed by atoms with Crippen LogP contribution < -0.4 is 4.72 Å². The molecule has 0 radical (unpaired) electrons. The van der Waals surface area contributed by atoms with Crippen molar-refractivity contribution >= 4 is 21.4 Å². The molecule has 3 aromatic rings. The van der Waals surface area contributed by atoms with E-state index in [-0.39, 0.29) is 21.8 Å². The van der Waals surface area contributed by atoms with E-state index in [2.05, 4.69) is 16.6 Å². The van der Waals surface area contributed by atoms with E-state index in [1.807, 2.05) is 25.1 Å². The summed E-state index contributed by atoms with van der Waals surface area (Å²) in [6.07, 6.45) is 0. The molecule has 0 aliphatic heterocycles. The number of aryl methyl sites for hydroxylation is 1. The molecule has 0 fully saturated rings. The monoisotopic (exact) mass is 392 g/mol. The van der Waals surface area contributed by atoms with E-state index >= 15 is 0 Å². The van der Waals surface area contributed by atoms with Gasteiger partial charge >= 0.3 is 0 Å². The quantitative estimate of drug-likeness (QED) is 0.411. The van der Waals surface area contributed by atoms with Gasteiger partial charge in [0.2, 0.25) is 0 Å². The van der Waals surface area contributed by atoms with Gasteiger partial charge in [-0.2, -0.15) is 0 Å². The molecular weight excluding hydrogens is 376 g/mol. The highest BCUT2D eigenvalue weighted by atomic mass is 32.2. The van der Waals surface area contributed by atoms with Crippen LogP contribution in [0.15, 0.2) is 77.7 Å². The van der Waals surface area contributed by atoms with Crippen molar-refractivity contribution in [2.75, 3.05) is 4.72 Å². The predicted octanol–water partition coefficient (Wildman–Crippen LogP) is 4.10. The first-order valence-corrected chi connectivity index (χ1v) is 9.78. The van der Waals surface area contributed by atoms with Gasteiger partial charge in [-0.15, -0.1) is 0 Å². The maximum absolute atomic E-state index is 12.7. The van der Waals surface area contributed by atoms with Crippen molar-refractivity contribution in [3.8, 4) is 11.8 Å². The highest BCUT2D eigenvalue weighted by Crippen LogP contribution is 2.24. The van der Waals surface area contributed by atoms with Gasteiger partial charge < -0.3 is 0 Å². The van der Waals surface area contributed by atoms with Crippen molar-refractivity contribution in [1.82, 2.24) is 0 Å². The van der Waals surface area contributed by atoms with Crippen LogP contribution in [0.4, 0.5) is 11.4 Å². The number of sulfonamides is 1. The van der Waals surface area contributed by atoms with Gasteiger partial charge in [-0.1, -0.05) is 47.7 Å². The molecule has 3 aromatic carbocycles. The van der Waals surface area contributed by atoms with Gasteiger partial charge in [0.05, 0.1) is 21.1 Å². The second kappa shape index (κ2) is 7.94. The number of anilines is 1. The van der Waals surface area contributed by atoms with Crippen LogP contribution in [0.3, 0.4) is 0 Å². The molecule has 28 heavy (non-hydrogen) atoms. The summed E-state index contributed by atoms with van der Waals surface area (Å²) in [4.78, 5) is 10.6. The van der Waals surface area contributed by atoms with E-state index in [1.54, 1.807) is 24.3 Å². The average Bonchev–Trinajstić information content (AvgIpc) is 2.68. The lowest BCUT2D eigenvalue weighted by atomic mass is 10.1. The Hall–Kier alpha value is -3.63. The van der Waals surface area contributed by atoms with Gasteiger partial charge in [0.15, 0.2) is 0 Å². The first-order chi connectivity index (χ1) is 13.3. The zero-order chi connectivity index (χ0) is 20.1. The molecular formula is C21H16N2O4S. The molecule has 3 rings (SSSR count). The highest BCUT2D eigenvalue weighted by molar-refractivity contribution is 7.92. The second-order valence-electron chi connectivity index (χ2n) is 6.02. The van der Waals surface area contributed by atoms with Gasteiger partial charge in [-0.3, -0.25) is 14.8 Å². The summed E-state index contributed by atoms with van der Waals surface area (Å²) in [5.74, 6) is 5.72. The number of rotatable bonds is 4. The summed E-state index contributed by atoms with van der Waals surface area (Å²) < 4.78 is 27.8. The van der Waals surface area contributed by atoms with Crippen LogP contribution in [-0.2, 0) is 10.0 Å². The van der Waals surface area contributed by atoms with E-state index in [9.17, 15) is 18.5 Å². The lowest BCUT2D eigenvalue weighted by molar-refractivity contribution is -0.384. The first kappa shape index (κ1) is 19.1. The second-order valence-corrected chi connectivity index (χ2v) is 7.70. The van der Waals surface area contributed by atoms with Gasteiger partial charge in [-0.25, -0.2) is 8.42 Å². The fraction of sp³-hybridized carbons (Fsp3) is 0.0476. The highest BCUT2D eigenvalue weighted by Gasteiger charge is 2.17. The van der Waals surface area contributed by atoms with Crippen LogP contribution >= 0.6 is 0 Å². The van der Waals surface area contributed by atoms with Crippen molar-refractivity contribution in [1.29, 1.82) is 0 Å². The number of benzene rings is 3. The molecule has 0 heterocycles. The molecule has 0 saturated carbocycles. The Morgan fingerprint density at radius 2 is 1.61 bits per heavy atom. The van der Waals surface area contributed by atoms with Crippen molar-refractivity contribution < 1.29 is 13.3 Å². The maximum atomic E-state index is 12.7. The number of nitro benzene ring substituents is 1. The molecule has 0 atom stereocenters. The van der Waals surface area contributed by atoms with Gasteiger partial charge in [0, 0.05) is 17.7 Å². The van der Waals surface area contributed by atoms with Crippen molar-refractivity contribution in [3.05, 3.63) is 99.6 Å². The molecule has 140 valence electrons.